The first-order valence-electron chi connectivity index (χ1n) is 5.20. The van der Waals surface area contributed by atoms with E-state index < -0.39 is 0 Å². The fourth-order valence-corrected chi connectivity index (χ4v) is 1.82. The summed E-state index contributed by atoms with van der Waals surface area (Å²) in [6, 6.07) is 2.70. The molecule has 3 heteroatoms. The van der Waals surface area contributed by atoms with Crippen LogP contribution < -0.4 is 0 Å². The summed E-state index contributed by atoms with van der Waals surface area (Å²) in [4.78, 5) is 11.0. The molecule has 0 atom stereocenters. The van der Waals surface area contributed by atoms with E-state index in [1.807, 2.05) is 19.2 Å². The molecule has 1 aliphatic heterocycles. The van der Waals surface area contributed by atoms with E-state index in [9.17, 15) is 0 Å². The lowest BCUT2D eigenvalue weighted by atomic mass is 9.94. The minimum atomic E-state index is 0.624. The smallest absolute Gasteiger partial charge is 0.125 e. The Morgan fingerprint density at radius 2 is 2.14 bits per heavy atom. The molecule has 1 fully saturated rings. The number of nitrogens with zero attached hydrogens (tertiary/aromatic N) is 3. The van der Waals surface area contributed by atoms with Crippen LogP contribution in [0.5, 0.6) is 0 Å². The molecule has 1 aliphatic rings. The molecule has 0 unspecified atom stereocenters. The zero-order chi connectivity index (χ0) is 10.1. The maximum Gasteiger partial charge on any atom is 0.125 e. The van der Waals surface area contributed by atoms with Gasteiger partial charge in [-0.1, -0.05) is 0 Å². The summed E-state index contributed by atoms with van der Waals surface area (Å²) in [5.41, 5.74) is 1.20. The topological polar surface area (TPSA) is 29.0 Å². The zero-order valence-corrected chi connectivity index (χ0v) is 9.07. The van der Waals surface area contributed by atoms with Gasteiger partial charge in [0.2, 0.25) is 0 Å². The predicted molar refractivity (Wildman–Crippen MR) is 56.2 cm³/mol. The molecule has 0 saturated carbocycles. The van der Waals surface area contributed by atoms with Gasteiger partial charge >= 0.3 is 0 Å². The van der Waals surface area contributed by atoms with Crippen LogP contribution in [0.2, 0.25) is 0 Å². The largest absolute Gasteiger partial charge is 0.300 e. The van der Waals surface area contributed by atoms with Crippen LogP contribution >= 0.6 is 0 Å². The first-order valence-corrected chi connectivity index (χ1v) is 5.20. The first kappa shape index (κ1) is 9.59. The molecule has 1 aromatic rings. The number of likely N-dealkylation sites (tertiary alicyclic amines) is 1. The van der Waals surface area contributed by atoms with Gasteiger partial charge < -0.3 is 0 Å². The van der Waals surface area contributed by atoms with E-state index in [2.05, 4.69) is 28.7 Å². The SMILES string of the molecule is Cc1nccc(C2CN(C(C)C)C2)n1. The Labute approximate surface area is 85.2 Å². The van der Waals surface area contributed by atoms with Crippen LogP contribution in [0.1, 0.15) is 31.3 Å². The molecule has 0 bridgehead atoms. The number of rotatable bonds is 2. The van der Waals surface area contributed by atoms with Gasteiger partial charge in [0, 0.05) is 36.9 Å². The molecule has 1 aromatic heterocycles. The molecule has 0 amide bonds. The third-order valence-electron chi connectivity index (χ3n) is 2.86. The summed E-state index contributed by atoms with van der Waals surface area (Å²) in [5.74, 6) is 1.50. The van der Waals surface area contributed by atoms with Crippen molar-refractivity contribution in [1.82, 2.24) is 14.9 Å². The van der Waals surface area contributed by atoms with E-state index >= 15 is 0 Å². The second kappa shape index (κ2) is 3.65. The number of hydrogen-bond donors (Lipinski definition) is 0. The van der Waals surface area contributed by atoms with Crippen molar-refractivity contribution in [2.75, 3.05) is 13.1 Å². The Balaban J connectivity index is 2.00. The molecule has 2 heterocycles. The molecule has 3 nitrogen and oxygen atoms in total. The highest BCUT2D eigenvalue weighted by molar-refractivity contribution is 5.13. The van der Waals surface area contributed by atoms with Gasteiger partial charge in [-0.05, 0) is 26.8 Å². The Morgan fingerprint density at radius 3 is 2.71 bits per heavy atom. The van der Waals surface area contributed by atoms with E-state index in [0.717, 1.165) is 18.9 Å². The number of aromatic nitrogens is 2. The Hall–Kier alpha value is -0.960. The molecular weight excluding hydrogens is 174 g/mol. The van der Waals surface area contributed by atoms with Crippen molar-refractivity contribution in [2.45, 2.75) is 32.7 Å². The van der Waals surface area contributed by atoms with Crippen LogP contribution in [-0.2, 0) is 0 Å². The van der Waals surface area contributed by atoms with E-state index in [-0.39, 0.29) is 0 Å². The van der Waals surface area contributed by atoms with Gasteiger partial charge in [0.15, 0.2) is 0 Å². The van der Waals surface area contributed by atoms with Crippen molar-refractivity contribution in [3.05, 3.63) is 23.8 Å². The summed E-state index contributed by atoms with van der Waals surface area (Å²) in [6.45, 7) is 8.72. The van der Waals surface area contributed by atoms with Gasteiger partial charge in [0.05, 0.1) is 0 Å². The average molecular weight is 191 g/mol. The molecule has 76 valence electrons. The molecular formula is C11H17N3. The third kappa shape index (κ3) is 1.77. The van der Waals surface area contributed by atoms with Crippen LogP contribution in [0.4, 0.5) is 0 Å². The highest BCUT2D eigenvalue weighted by Crippen LogP contribution is 2.26. The van der Waals surface area contributed by atoms with Crippen molar-refractivity contribution in [3.8, 4) is 0 Å². The van der Waals surface area contributed by atoms with Crippen molar-refractivity contribution < 1.29 is 0 Å². The van der Waals surface area contributed by atoms with Gasteiger partial charge in [0.25, 0.3) is 0 Å². The number of hydrogen-bond acceptors (Lipinski definition) is 3. The standard InChI is InChI=1S/C11H17N3/c1-8(2)14-6-10(7-14)11-4-5-12-9(3)13-11/h4-5,8,10H,6-7H2,1-3H3. The molecule has 1 saturated heterocycles. The molecule has 0 aliphatic carbocycles. The van der Waals surface area contributed by atoms with E-state index in [0.29, 0.717) is 12.0 Å². The Morgan fingerprint density at radius 1 is 1.43 bits per heavy atom. The lowest BCUT2D eigenvalue weighted by Gasteiger charge is -2.41. The van der Waals surface area contributed by atoms with Crippen molar-refractivity contribution >= 4 is 0 Å². The monoisotopic (exact) mass is 191 g/mol. The van der Waals surface area contributed by atoms with Crippen LogP contribution in [-0.4, -0.2) is 34.0 Å². The van der Waals surface area contributed by atoms with Crippen LogP contribution in [0.25, 0.3) is 0 Å². The first-order chi connectivity index (χ1) is 6.66. The van der Waals surface area contributed by atoms with E-state index in [4.69, 9.17) is 0 Å². The van der Waals surface area contributed by atoms with Crippen molar-refractivity contribution in [1.29, 1.82) is 0 Å². The summed E-state index contributed by atoms with van der Waals surface area (Å²) in [5, 5.41) is 0. The molecule has 0 N–H and O–H groups in total. The van der Waals surface area contributed by atoms with Crippen molar-refractivity contribution in [2.24, 2.45) is 0 Å². The molecule has 0 radical (unpaired) electrons. The van der Waals surface area contributed by atoms with Gasteiger partial charge in [-0.3, -0.25) is 4.90 Å². The minimum Gasteiger partial charge on any atom is -0.300 e. The van der Waals surface area contributed by atoms with Gasteiger partial charge in [0.1, 0.15) is 5.82 Å². The third-order valence-corrected chi connectivity index (χ3v) is 2.86. The highest BCUT2D eigenvalue weighted by atomic mass is 15.2. The van der Waals surface area contributed by atoms with Crippen LogP contribution in [0.3, 0.4) is 0 Å². The Bertz CT molecular complexity index is 316. The molecule has 2 rings (SSSR count). The normalized spacial score (nSPS) is 18.6. The van der Waals surface area contributed by atoms with Crippen LogP contribution in [0.15, 0.2) is 12.3 Å². The summed E-state index contributed by atoms with van der Waals surface area (Å²) in [6.07, 6.45) is 1.86. The zero-order valence-electron chi connectivity index (χ0n) is 9.07. The van der Waals surface area contributed by atoms with Gasteiger partial charge in [-0.2, -0.15) is 0 Å². The maximum atomic E-state index is 4.45. The quantitative estimate of drug-likeness (QED) is 0.711. The number of aryl methyl sites for hydroxylation is 1. The maximum absolute atomic E-state index is 4.45. The second-order valence-electron chi connectivity index (χ2n) is 4.27. The fourth-order valence-electron chi connectivity index (χ4n) is 1.82. The average Bonchev–Trinajstić information content (AvgIpc) is 2.00. The lowest BCUT2D eigenvalue weighted by molar-refractivity contribution is 0.108. The highest BCUT2D eigenvalue weighted by Gasteiger charge is 2.30. The Kier molecular flexibility index (Phi) is 2.50. The summed E-state index contributed by atoms with van der Waals surface area (Å²) < 4.78 is 0. The van der Waals surface area contributed by atoms with E-state index in [1.54, 1.807) is 0 Å². The second-order valence-corrected chi connectivity index (χ2v) is 4.27. The van der Waals surface area contributed by atoms with Crippen LogP contribution in [0, 0.1) is 6.92 Å². The predicted octanol–water partition coefficient (Wildman–Crippen LogP) is 1.59. The van der Waals surface area contributed by atoms with Gasteiger partial charge in [-0.25, -0.2) is 9.97 Å². The van der Waals surface area contributed by atoms with Gasteiger partial charge in [-0.15, -0.1) is 0 Å². The molecule has 0 spiro atoms. The summed E-state index contributed by atoms with van der Waals surface area (Å²) in [7, 11) is 0. The molecule has 0 aromatic carbocycles. The lowest BCUT2D eigenvalue weighted by Crippen LogP contribution is -2.48. The summed E-state index contributed by atoms with van der Waals surface area (Å²) >= 11 is 0. The fraction of sp³-hybridized carbons (Fsp3) is 0.636. The van der Waals surface area contributed by atoms with Crippen molar-refractivity contribution in [3.63, 3.8) is 0 Å². The molecule has 14 heavy (non-hydrogen) atoms. The minimum absolute atomic E-state index is 0.624. The van der Waals surface area contributed by atoms with E-state index in [1.165, 1.54) is 5.69 Å².